The van der Waals surface area contributed by atoms with Gasteiger partial charge >= 0.3 is 6.01 Å². The minimum Gasteiger partial charge on any atom is -0.444 e. The number of hydrogen-bond acceptors (Lipinski definition) is 6. The minimum absolute atomic E-state index is 0.0835. The highest BCUT2D eigenvalue weighted by atomic mass is 79.9. The number of rotatable bonds is 4. The van der Waals surface area contributed by atoms with Gasteiger partial charge in [0, 0.05) is 18.7 Å². The van der Waals surface area contributed by atoms with Crippen LogP contribution in [0.5, 0.6) is 0 Å². The fourth-order valence-corrected chi connectivity index (χ4v) is 3.10. The molecule has 1 N–H and O–H groups in total. The number of benzene rings is 1. The summed E-state index contributed by atoms with van der Waals surface area (Å²) >= 11 is 3.11. The lowest BCUT2D eigenvalue weighted by Gasteiger charge is -2.15. The maximum Gasteiger partial charge on any atom is 0.322 e. The molecule has 8 nitrogen and oxygen atoms in total. The lowest BCUT2D eigenvalue weighted by Crippen LogP contribution is -2.24. The topological polar surface area (TPSA) is 101 Å². The molecule has 0 saturated carbocycles. The fourth-order valence-electron chi connectivity index (χ4n) is 2.79. The molecule has 1 aliphatic heterocycles. The van der Waals surface area contributed by atoms with Gasteiger partial charge in [-0.2, -0.15) is 0 Å². The molecular weight excluding hydrogens is 423 g/mol. The van der Waals surface area contributed by atoms with Crippen LogP contribution in [0.4, 0.5) is 16.1 Å². The van der Waals surface area contributed by atoms with Crippen LogP contribution in [0.15, 0.2) is 49.9 Å². The smallest absolute Gasteiger partial charge is 0.322 e. The number of hydrogen-bond donors (Lipinski definition) is 1. The maximum atomic E-state index is 13.1. The summed E-state index contributed by atoms with van der Waals surface area (Å²) in [5, 5.41) is 10.1. The molecule has 1 aliphatic rings. The first-order valence-corrected chi connectivity index (χ1v) is 8.75. The van der Waals surface area contributed by atoms with Crippen LogP contribution in [0.1, 0.15) is 28.8 Å². The SMILES string of the molecule is O=C(Nc1nnc(C2CC(=O)N(c3ccc(F)cc3)C2)o1)c1ccc(Br)o1. The van der Waals surface area contributed by atoms with E-state index in [4.69, 9.17) is 8.83 Å². The Balaban J connectivity index is 1.45. The van der Waals surface area contributed by atoms with Gasteiger partial charge in [-0.05, 0) is 52.3 Å². The zero-order chi connectivity index (χ0) is 19.0. The summed E-state index contributed by atoms with van der Waals surface area (Å²) < 4.78 is 24.1. The molecule has 0 spiro atoms. The monoisotopic (exact) mass is 434 g/mol. The van der Waals surface area contributed by atoms with Crippen LogP contribution in [-0.4, -0.2) is 28.6 Å². The number of furan rings is 1. The second kappa shape index (κ2) is 6.95. The summed E-state index contributed by atoms with van der Waals surface area (Å²) in [6.07, 6.45) is 0.179. The molecule has 0 bridgehead atoms. The Morgan fingerprint density at radius 1 is 1.19 bits per heavy atom. The van der Waals surface area contributed by atoms with Gasteiger partial charge in [-0.15, -0.1) is 5.10 Å². The van der Waals surface area contributed by atoms with Gasteiger partial charge in [0.25, 0.3) is 5.91 Å². The van der Waals surface area contributed by atoms with Crippen molar-refractivity contribution in [2.24, 2.45) is 0 Å². The van der Waals surface area contributed by atoms with Crippen molar-refractivity contribution in [3.8, 4) is 0 Å². The second-order valence-electron chi connectivity index (χ2n) is 5.89. The van der Waals surface area contributed by atoms with Crippen LogP contribution in [0.25, 0.3) is 0 Å². The Labute approximate surface area is 160 Å². The van der Waals surface area contributed by atoms with Crippen molar-refractivity contribution in [3.05, 3.63) is 58.5 Å². The van der Waals surface area contributed by atoms with Gasteiger partial charge in [-0.25, -0.2) is 4.39 Å². The highest BCUT2D eigenvalue weighted by Gasteiger charge is 2.35. The molecule has 0 aliphatic carbocycles. The van der Waals surface area contributed by atoms with Crippen molar-refractivity contribution in [2.75, 3.05) is 16.8 Å². The van der Waals surface area contributed by atoms with E-state index in [1.807, 2.05) is 0 Å². The molecule has 1 atom stereocenters. The van der Waals surface area contributed by atoms with E-state index >= 15 is 0 Å². The summed E-state index contributed by atoms with van der Waals surface area (Å²) in [5.74, 6) is -1.03. The molecule has 3 aromatic rings. The first-order valence-electron chi connectivity index (χ1n) is 7.95. The summed E-state index contributed by atoms with van der Waals surface area (Å²) in [4.78, 5) is 25.8. The van der Waals surface area contributed by atoms with E-state index < -0.39 is 5.91 Å². The van der Waals surface area contributed by atoms with E-state index in [0.29, 0.717) is 16.9 Å². The number of nitrogens with one attached hydrogen (secondary N) is 1. The minimum atomic E-state index is -0.536. The van der Waals surface area contributed by atoms with Crippen molar-refractivity contribution in [2.45, 2.75) is 12.3 Å². The van der Waals surface area contributed by atoms with Gasteiger partial charge < -0.3 is 13.7 Å². The Morgan fingerprint density at radius 3 is 2.67 bits per heavy atom. The van der Waals surface area contributed by atoms with Crippen LogP contribution >= 0.6 is 15.9 Å². The third-order valence-corrected chi connectivity index (χ3v) is 4.50. The molecular formula is C17H12BrFN4O4. The van der Waals surface area contributed by atoms with Crippen LogP contribution < -0.4 is 10.2 Å². The molecule has 1 unspecified atom stereocenters. The van der Waals surface area contributed by atoms with Gasteiger partial charge in [-0.3, -0.25) is 14.9 Å². The van der Waals surface area contributed by atoms with E-state index in [1.54, 1.807) is 6.07 Å². The van der Waals surface area contributed by atoms with Crippen molar-refractivity contribution >= 4 is 39.4 Å². The number of nitrogens with zero attached hydrogens (tertiary/aromatic N) is 3. The molecule has 138 valence electrons. The van der Waals surface area contributed by atoms with Crippen molar-refractivity contribution in [1.29, 1.82) is 0 Å². The summed E-state index contributed by atoms with van der Waals surface area (Å²) in [6, 6.07) is 8.66. The van der Waals surface area contributed by atoms with Crippen LogP contribution in [-0.2, 0) is 4.79 Å². The van der Waals surface area contributed by atoms with E-state index in [1.165, 1.54) is 35.2 Å². The lowest BCUT2D eigenvalue weighted by molar-refractivity contribution is -0.117. The molecule has 0 radical (unpaired) electrons. The highest BCUT2D eigenvalue weighted by Crippen LogP contribution is 2.31. The Kier molecular flexibility index (Phi) is 4.48. The van der Waals surface area contributed by atoms with Gasteiger partial charge in [0.15, 0.2) is 10.4 Å². The second-order valence-corrected chi connectivity index (χ2v) is 6.67. The Bertz CT molecular complexity index is 1000. The Hall–Kier alpha value is -3.01. The van der Waals surface area contributed by atoms with Crippen molar-refractivity contribution in [1.82, 2.24) is 10.2 Å². The summed E-state index contributed by atoms with van der Waals surface area (Å²) in [5.41, 5.74) is 0.598. The third-order valence-electron chi connectivity index (χ3n) is 4.07. The average Bonchev–Trinajstić information content (AvgIpc) is 3.36. The van der Waals surface area contributed by atoms with Crippen molar-refractivity contribution < 1.29 is 22.8 Å². The molecule has 27 heavy (non-hydrogen) atoms. The zero-order valence-electron chi connectivity index (χ0n) is 13.7. The first kappa shape index (κ1) is 17.4. The lowest BCUT2D eigenvalue weighted by atomic mass is 10.1. The van der Waals surface area contributed by atoms with Gasteiger partial charge in [0.2, 0.25) is 11.8 Å². The first-order chi connectivity index (χ1) is 13.0. The molecule has 1 saturated heterocycles. The molecule has 3 heterocycles. The number of amides is 2. The third kappa shape index (κ3) is 3.61. The summed E-state index contributed by atoms with van der Waals surface area (Å²) in [6.45, 7) is 0.325. The normalized spacial score (nSPS) is 16.7. The molecule has 1 fully saturated rings. The quantitative estimate of drug-likeness (QED) is 0.675. The van der Waals surface area contributed by atoms with E-state index in [0.717, 1.165) is 0 Å². The molecule has 2 aromatic heterocycles. The predicted molar refractivity (Wildman–Crippen MR) is 94.8 cm³/mol. The van der Waals surface area contributed by atoms with Crippen LogP contribution in [0.3, 0.4) is 0 Å². The zero-order valence-corrected chi connectivity index (χ0v) is 15.3. The predicted octanol–water partition coefficient (Wildman–Crippen LogP) is 3.34. The number of carbonyl (C=O) groups excluding carboxylic acids is 2. The standard InChI is InChI=1S/C17H12BrFN4O4/c18-13-6-5-12(26-13)15(25)20-17-22-21-16(27-17)9-7-14(24)23(8-9)11-3-1-10(19)2-4-11/h1-6,9H,7-8H2,(H,20,22,25). The number of anilines is 2. The molecule has 1 aromatic carbocycles. The average molecular weight is 435 g/mol. The Morgan fingerprint density at radius 2 is 1.96 bits per heavy atom. The van der Waals surface area contributed by atoms with E-state index in [9.17, 15) is 14.0 Å². The van der Waals surface area contributed by atoms with Gasteiger partial charge in [0.05, 0.1) is 5.92 Å². The number of aromatic nitrogens is 2. The summed E-state index contributed by atoms with van der Waals surface area (Å²) in [7, 11) is 0. The molecule has 10 heteroatoms. The number of halogens is 2. The molecule has 2 amide bonds. The van der Waals surface area contributed by atoms with Gasteiger partial charge in [-0.1, -0.05) is 5.10 Å². The van der Waals surface area contributed by atoms with Crippen molar-refractivity contribution in [3.63, 3.8) is 0 Å². The van der Waals surface area contributed by atoms with Crippen LogP contribution in [0, 0.1) is 5.82 Å². The van der Waals surface area contributed by atoms with E-state index in [2.05, 4.69) is 31.4 Å². The van der Waals surface area contributed by atoms with Gasteiger partial charge in [0.1, 0.15) is 5.82 Å². The highest BCUT2D eigenvalue weighted by molar-refractivity contribution is 9.10. The molecule has 4 rings (SSSR count). The van der Waals surface area contributed by atoms with E-state index in [-0.39, 0.29) is 41.7 Å². The fraction of sp³-hybridized carbons (Fsp3) is 0.176. The number of carbonyl (C=O) groups is 2. The maximum absolute atomic E-state index is 13.1. The van der Waals surface area contributed by atoms with Crippen LogP contribution in [0.2, 0.25) is 0 Å². The largest absolute Gasteiger partial charge is 0.444 e.